The molecule has 1 saturated heterocycles. The van der Waals surface area contributed by atoms with Gasteiger partial charge in [0.2, 0.25) is 5.91 Å². The van der Waals surface area contributed by atoms with Crippen LogP contribution in [0.5, 0.6) is 0 Å². The second kappa shape index (κ2) is 5.04. The van der Waals surface area contributed by atoms with E-state index in [0.29, 0.717) is 19.4 Å². The van der Waals surface area contributed by atoms with Gasteiger partial charge in [0, 0.05) is 18.5 Å². The molecule has 0 aromatic rings. The summed E-state index contributed by atoms with van der Waals surface area (Å²) in [5.74, 6) is -0.921. The van der Waals surface area contributed by atoms with Gasteiger partial charge in [0.1, 0.15) is 6.04 Å². The number of carbonyl (C=O) groups excluding carboxylic acids is 1. The molecule has 0 bridgehead atoms. The van der Waals surface area contributed by atoms with Crippen LogP contribution < -0.4 is 5.73 Å². The number of aliphatic carboxylic acids is 1. The Hall–Kier alpha value is -1.10. The molecule has 2 aliphatic rings. The van der Waals surface area contributed by atoms with E-state index in [1.54, 1.807) is 4.90 Å². The molecule has 5 nitrogen and oxygen atoms in total. The lowest BCUT2D eigenvalue weighted by molar-refractivity contribution is -0.153. The van der Waals surface area contributed by atoms with Gasteiger partial charge in [0.05, 0.1) is 0 Å². The molecule has 0 radical (unpaired) electrons. The minimum Gasteiger partial charge on any atom is -0.480 e. The van der Waals surface area contributed by atoms with Crippen LogP contribution in [0.4, 0.5) is 0 Å². The third-order valence-corrected chi connectivity index (χ3v) is 3.89. The topological polar surface area (TPSA) is 83.6 Å². The van der Waals surface area contributed by atoms with Crippen LogP contribution in [0.1, 0.15) is 38.5 Å². The van der Waals surface area contributed by atoms with Crippen LogP contribution in [-0.2, 0) is 9.59 Å². The highest BCUT2D eigenvalue weighted by molar-refractivity contribution is 5.85. The molecule has 1 amide bonds. The first-order chi connectivity index (χ1) is 8.09. The molecule has 2 unspecified atom stereocenters. The number of rotatable bonds is 2. The third kappa shape index (κ3) is 2.60. The summed E-state index contributed by atoms with van der Waals surface area (Å²) in [6, 6.07) is -0.509. The molecule has 0 spiro atoms. The van der Waals surface area contributed by atoms with Gasteiger partial charge in [-0.3, -0.25) is 4.79 Å². The van der Waals surface area contributed by atoms with Crippen molar-refractivity contribution >= 4 is 11.9 Å². The number of amides is 1. The molecular formula is C12H20N2O3. The van der Waals surface area contributed by atoms with Gasteiger partial charge in [-0.05, 0) is 38.5 Å². The van der Waals surface area contributed by atoms with E-state index < -0.39 is 12.0 Å². The normalized spacial score (nSPS) is 33.7. The highest BCUT2D eigenvalue weighted by Gasteiger charge is 2.37. The standard InChI is InChI=1S/C12H20N2O3/c13-9-5-4-8(7-9)11(15)14-6-2-1-3-10(14)12(16)17/h8-10H,1-7,13H2,(H,16,17)/t8?,9?,10-/m1/s1. The Balaban J connectivity index is 2.03. The van der Waals surface area contributed by atoms with Gasteiger partial charge in [-0.15, -0.1) is 0 Å². The van der Waals surface area contributed by atoms with Crippen LogP contribution >= 0.6 is 0 Å². The van der Waals surface area contributed by atoms with Gasteiger partial charge < -0.3 is 15.7 Å². The Morgan fingerprint density at radius 2 is 1.94 bits per heavy atom. The van der Waals surface area contributed by atoms with Gasteiger partial charge in [-0.2, -0.15) is 0 Å². The van der Waals surface area contributed by atoms with E-state index in [4.69, 9.17) is 10.8 Å². The lowest BCUT2D eigenvalue weighted by Crippen LogP contribution is -2.49. The number of carboxylic acid groups (broad SMARTS) is 1. The lowest BCUT2D eigenvalue weighted by atomic mass is 9.98. The van der Waals surface area contributed by atoms with Crippen molar-refractivity contribution in [1.82, 2.24) is 4.90 Å². The van der Waals surface area contributed by atoms with Crippen molar-refractivity contribution in [1.29, 1.82) is 0 Å². The SMILES string of the molecule is NC1CCC(C(=O)N2CCCC[C@@H]2C(=O)O)C1. The largest absolute Gasteiger partial charge is 0.480 e. The smallest absolute Gasteiger partial charge is 0.326 e. The number of hydrogen-bond acceptors (Lipinski definition) is 3. The number of hydrogen-bond donors (Lipinski definition) is 2. The summed E-state index contributed by atoms with van der Waals surface area (Å²) >= 11 is 0. The fourth-order valence-corrected chi connectivity index (χ4v) is 2.93. The number of carboxylic acids is 1. The summed E-state index contributed by atoms with van der Waals surface area (Å²) in [5, 5.41) is 9.13. The van der Waals surface area contributed by atoms with Crippen LogP contribution in [0.3, 0.4) is 0 Å². The molecule has 3 atom stereocenters. The Morgan fingerprint density at radius 3 is 2.53 bits per heavy atom. The van der Waals surface area contributed by atoms with Crippen molar-refractivity contribution in [3.8, 4) is 0 Å². The van der Waals surface area contributed by atoms with E-state index in [0.717, 1.165) is 25.7 Å². The van der Waals surface area contributed by atoms with Crippen LogP contribution in [0.15, 0.2) is 0 Å². The van der Waals surface area contributed by atoms with Crippen molar-refractivity contribution in [2.75, 3.05) is 6.54 Å². The van der Waals surface area contributed by atoms with Crippen molar-refractivity contribution in [2.24, 2.45) is 11.7 Å². The molecule has 0 aromatic heterocycles. The molecule has 2 fully saturated rings. The first-order valence-corrected chi connectivity index (χ1v) is 6.38. The van der Waals surface area contributed by atoms with E-state index in [1.165, 1.54) is 0 Å². The van der Waals surface area contributed by atoms with E-state index in [1.807, 2.05) is 0 Å². The summed E-state index contributed by atoms with van der Waals surface area (Å²) in [6.45, 7) is 0.585. The van der Waals surface area contributed by atoms with E-state index in [-0.39, 0.29) is 17.9 Å². The number of piperidine rings is 1. The lowest BCUT2D eigenvalue weighted by Gasteiger charge is -2.34. The number of nitrogens with zero attached hydrogens (tertiary/aromatic N) is 1. The van der Waals surface area contributed by atoms with Gasteiger partial charge >= 0.3 is 5.97 Å². The first kappa shape index (κ1) is 12.4. The molecule has 1 aliphatic heterocycles. The van der Waals surface area contributed by atoms with E-state index in [9.17, 15) is 9.59 Å². The minimum atomic E-state index is -0.875. The van der Waals surface area contributed by atoms with Crippen LogP contribution in [0.2, 0.25) is 0 Å². The molecule has 2 rings (SSSR count). The average molecular weight is 240 g/mol. The Kier molecular flexibility index (Phi) is 3.66. The molecule has 1 heterocycles. The minimum absolute atomic E-state index is 0.00468. The highest BCUT2D eigenvalue weighted by Crippen LogP contribution is 2.28. The van der Waals surface area contributed by atoms with E-state index in [2.05, 4.69) is 0 Å². The van der Waals surface area contributed by atoms with Gasteiger partial charge in [-0.1, -0.05) is 0 Å². The summed E-state index contributed by atoms with van der Waals surface area (Å²) in [4.78, 5) is 25.0. The second-order valence-electron chi connectivity index (χ2n) is 5.15. The van der Waals surface area contributed by atoms with Crippen molar-refractivity contribution < 1.29 is 14.7 Å². The molecule has 3 N–H and O–H groups in total. The first-order valence-electron chi connectivity index (χ1n) is 6.38. The maximum absolute atomic E-state index is 12.3. The summed E-state index contributed by atoms with van der Waals surface area (Å²) in [6.07, 6.45) is 4.78. The van der Waals surface area contributed by atoms with Gasteiger partial charge in [0.25, 0.3) is 0 Å². The zero-order valence-corrected chi connectivity index (χ0v) is 9.97. The number of carbonyl (C=O) groups is 2. The fourth-order valence-electron chi connectivity index (χ4n) is 2.93. The number of nitrogens with two attached hydrogens (primary N) is 1. The summed E-state index contributed by atoms with van der Waals surface area (Å²) in [7, 11) is 0. The van der Waals surface area contributed by atoms with Crippen LogP contribution in [-0.4, -0.2) is 40.5 Å². The van der Waals surface area contributed by atoms with Gasteiger partial charge in [0.15, 0.2) is 0 Å². The fraction of sp³-hybridized carbons (Fsp3) is 0.833. The summed E-state index contributed by atoms with van der Waals surface area (Å²) in [5.41, 5.74) is 5.80. The van der Waals surface area contributed by atoms with Crippen molar-refractivity contribution in [3.63, 3.8) is 0 Å². The molecule has 5 heteroatoms. The van der Waals surface area contributed by atoms with E-state index >= 15 is 0 Å². The quantitative estimate of drug-likeness (QED) is 0.739. The maximum atomic E-state index is 12.3. The molecule has 0 aromatic carbocycles. The third-order valence-electron chi connectivity index (χ3n) is 3.89. The predicted octanol–water partition coefficient (Wildman–Crippen LogP) is 0.579. The maximum Gasteiger partial charge on any atom is 0.326 e. The zero-order valence-electron chi connectivity index (χ0n) is 9.97. The molecule has 96 valence electrons. The zero-order chi connectivity index (χ0) is 12.4. The molecule has 1 saturated carbocycles. The average Bonchev–Trinajstić information content (AvgIpc) is 2.75. The van der Waals surface area contributed by atoms with Gasteiger partial charge in [-0.25, -0.2) is 4.79 Å². The molecule has 1 aliphatic carbocycles. The predicted molar refractivity (Wildman–Crippen MR) is 62.3 cm³/mol. The molecule has 17 heavy (non-hydrogen) atoms. The Bertz CT molecular complexity index is 319. The van der Waals surface area contributed by atoms with Crippen molar-refractivity contribution in [3.05, 3.63) is 0 Å². The number of likely N-dealkylation sites (tertiary alicyclic amines) is 1. The van der Waals surface area contributed by atoms with Crippen LogP contribution in [0, 0.1) is 5.92 Å². The monoisotopic (exact) mass is 240 g/mol. The Morgan fingerprint density at radius 1 is 1.18 bits per heavy atom. The second-order valence-corrected chi connectivity index (χ2v) is 5.15. The highest BCUT2D eigenvalue weighted by atomic mass is 16.4. The summed E-state index contributed by atoms with van der Waals surface area (Å²) < 4.78 is 0. The Labute approximate surface area is 101 Å². The van der Waals surface area contributed by atoms with Crippen molar-refractivity contribution in [2.45, 2.75) is 50.6 Å². The van der Waals surface area contributed by atoms with Crippen LogP contribution in [0.25, 0.3) is 0 Å². The molecular weight excluding hydrogens is 220 g/mol.